The second-order valence-corrected chi connectivity index (χ2v) is 9.34. The number of carbonyl (C=O) groups is 3. The zero-order chi connectivity index (χ0) is 24.8. The summed E-state index contributed by atoms with van der Waals surface area (Å²) in [4.78, 5) is 37.7. The summed E-state index contributed by atoms with van der Waals surface area (Å²) in [6.45, 7) is 2.06. The second kappa shape index (κ2) is 11.1. The molecule has 0 saturated heterocycles. The lowest BCUT2D eigenvalue weighted by Gasteiger charge is -2.19. The molecule has 1 aliphatic rings. The van der Waals surface area contributed by atoms with Crippen LogP contribution >= 0.6 is 11.8 Å². The number of ether oxygens (including phenoxy) is 1. The largest absolute Gasteiger partial charge is 0.481 e. The molecule has 35 heavy (non-hydrogen) atoms. The molecule has 1 unspecified atom stereocenters. The van der Waals surface area contributed by atoms with Crippen molar-refractivity contribution in [3.63, 3.8) is 0 Å². The lowest BCUT2D eigenvalue weighted by Crippen LogP contribution is -2.45. The minimum absolute atomic E-state index is 0.0667. The summed E-state index contributed by atoms with van der Waals surface area (Å²) in [5.41, 5.74) is 4.89. The van der Waals surface area contributed by atoms with Crippen molar-refractivity contribution in [1.82, 2.24) is 5.32 Å². The summed E-state index contributed by atoms with van der Waals surface area (Å²) in [7, 11) is 0. The fourth-order valence-corrected chi connectivity index (χ4v) is 5.00. The minimum Gasteiger partial charge on any atom is -0.481 e. The first kappa shape index (κ1) is 24.3. The molecule has 0 heterocycles. The van der Waals surface area contributed by atoms with Crippen molar-refractivity contribution >= 4 is 35.4 Å². The Labute approximate surface area is 207 Å². The van der Waals surface area contributed by atoms with Crippen molar-refractivity contribution in [2.24, 2.45) is 0 Å². The van der Waals surface area contributed by atoms with E-state index in [9.17, 15) is 19.5 Å². The number of fused-ring (bicyclic) bond motifs is 3. The van der Waals surface area contributed by atoms with E-state index in [1.807, 2.05) is 67.6 Å². The van der Waals surface area contributed by atoms with E-state index in [1.165, 1.54) is 0 Å². The normalized spacial score (nSPS) is 12.8. The number of carboxylic acid groups (broad SMARTS) is 1. The van der Waals surface area contributed by atoms with E-state index in [2.05, 4.69) is 10.6 Å². The fourth-order valence-electron chi connectivity index (χ4n) is 4.24. The maximum atomic E-state index is 12.9. The van der Waals surface area contributed by atoms with E-state index in [0.717, 1.165) is 32.9 Å². The summed E-state index contributed by atoms with van der Waals surface area (Å²) in [5, 5.41) is 14.5. The summed E-state index contributed by atoms with van der Waals surface area (Å²) in [6.07, 6.45) is -1.41. The van der Waals surface area contributed by atoms with Crippen molar-refractivity contribution in [3.8, 4) is 11.1 Å². The van der Waals surface area contributed by atoms with Crippen LogP contribution in [0.25, 0.3) is 11.1 Å². The van der Waals surface area contributed by atoms with Gasteiger partial charge in [0.1, 0.15) is 12.6 Å². The van der Waals surface area contributed by atoms with Crippen LogP contribution in [0.2, 0.25) is 0 Å². The van der Waals surface area contributed by atoms with E-state index in [-0.39, 0.29) is 12.5 Å². The Morgan fingerprint density at radius 1 is 0.943 bits per heavy atom. The average molecular weight is 491 g/mol. The van der Waals surface area contributed by atoms with Crippen LogP contribution < -0.4 is 10.6 Å². The smallest absolute Gasteiger partial charge is 0.407 e. The standard InChI is InChI=1S/C27H26N2O5S/c1-2-35-24-14-8-7-13-22(24)28-26(32)23(15-25(30)31)29-27(33)34-16-21-19-11-5-3-9-17(19)18-10-4-6-12-20(18)21/h3-14,21,23H,2,15-16H2,1H3,(H,28,32)(H,29,33)(H,30,31). The van der Waals surface area contributed by atoms with Gasteiger partial charge in [-0.25, -0.2) is 4.79 Å². The molecule has 0 spiro atoms. The molecule has 0 saturated carbocycles. The second-order valence-electron chi connectivity index (χ2n) is 8.04. The van der Waals surface area contributed by atoms with E-state index in [1.54, 1.807) is 23.9 Å². The molecule has 0 radical (unpaired) electrons. The Balaban J connectivity index is 1.43. The fraction of sp³-hybridized carbons (Fsp3) is 0.222. The molecule has 3 N–H and O–H groups in total. The summed E-state index contributed by atoms with van der Waals surface area (Å²) in [5.74, 6) is -1.16. The highest BCUT2D eigenvalue weighted by molar-refractivity contribution is 7.99. The number of carbonyl (C=O) groups excluding carboxylic acids is 2. The van der Waals surface area contributed by atoms with Crippen molar-refractivity contribution in [1.29, 1.82) is 0 Å². The van der Waals surface area contributed by atoms with Crippen molar-refractivity contribution in [3.05, 3.63) is 83.9 Å². The van der Waals surface area contributed by atoms with Crippen LogP contribution in [0.15, 0.2) is 77.7 Å². The third-order valence-electron chi connectivity index (χ3n) is 5.78. The van der Waals surface area contributed by atoms with Gasteiger partial charge in [0, 0.05) is 10.8 Å². The van der Waals surface area contributed by atoms with Gasteiger partial charge >= 0.3 is 12.1 Å². The molecule has 8 heteroatoms. The van der Waals surface area contributed by atoms with Crippen molar-refractivity contribution in [2.45, 2.75) is 30.2 Å². The van der Waals surface area contributed by atoms with Gasteiger partial charge in [0.05, 0.1) is 12.1 Å². The predicted molar refractivity (Wildman–Crippen MR) is 136 cm³/mol. The summed E-state index contributed by atoms with van der Waals surface area (Å²) < 4.78 is 5.49. The monoisotopic (exact) mass is 490 g/mol. The van der Waals surface area contributed by atoms with Crippen LogP contribution in [0, 0.1) is 0 Å². The number of alkyl carbamates (subject to hydrolysis) is 1. The van der Waals surface area contributed by atoms with Gasteiger partial charge in [-0.1, -0.05) is 67.6 Å². The molecular weight excluding hydrogens is 464 g/mol. The Hall–Kier alpha value is -3.78. The molecule has 4 rings (SSSR count). The number of amides is 2. The van der Waals surface area contributed by atoms with Gasteiger partial charge in [0.25, 0.3) is 0 Å². The minimum atomic E-state index is -1.29. The van der Waals surface area contributed by atoms with Gasteiger partial charge in [-0.2, -0.15) is 0 Å². The predicted octanol–water partition coefficient (Wildman–Crippen LogP) is 5.12. The molecule has 0 fully saturated rings. The third kappa shape index (κ3) is 5.66. The Morgan fingerprint density at radius 2 is 1.54 bits per heavy atom. The van der Waals surface area contributed by atoms with Gasteiger partial charge in [-0.05, 0) is 40.1 Å². The highest BCUT2D eigenvalue weighted by Gasteiger charge is 2.30. The maximum absolute atomic E-state index is 12.9. The number of para-hydroxylation sites is 1. The molecule has 7 nitrogen and oxygen atoms in total. The number of benzene rings is 3. The summed E-state index contributed by atoms with van der Waals surface area (Å²) >= 11 is 1.55. The maximum Gasteiger partial charge on any atom is 0.407 e. The molecule has 3 aromatic rings. The topological polar surface area (TPSA) is 105 Å². The zero-order valence-electron chi connectivity index (χ0n) is 19.2. The Kier molecular flexibility index (Phi) is 7.72. The van der Waals surface area contributed by atoms with Gasteiger partial charge in [-0.3, -0.25) is 9.59 Å². The molecule has 1 atom stereocenters. The molecule has 0 aliphatic heterocycles. The van der Waals surface area contributed by atoms with Crippen LogP contribution in [-0.4, -0.2) is 41.5 Å². The van der Waals surface area contributed by atoms with E-state index >= 15 is 0 Å². The van der Waals surface area contributed by atoms with Crippen LogP contribution in [0.4, 0.5) is 10.5 Å². The molecular formula is C27H26N2O5S. The highest BCUT2D eigenvalue weighted by Crippen LogP contribution is 2.44. The third-order valence-corrected chi connectivity index (χ3v) is 6.73. The first-order valence-electron chi connectivity index (χ1n) is 11.3. The van der Waals surface area contributed by atoms with Gasteiger partial charge < -0.3 is 20.5 Å². The first-order chi connectivity index (χ1) is 17.0. The number of rotatable bonds is 9. The van der Waals surface area contributed by atoms with E-state index in [4.69, 9.17) is 4.74 Å². The number of anilines is 1. The SMILES string of the molecule is CCSc1ccccc1NC(=O)C(CC(=O)O)NC(=O)OCC1c2ccccc2-c2ccccc21. The number of aliphatic carboxylic acids is 1. The lowest BCUT2D eigenvalue weighted by atomic mass is 9.98. The van der Waals surface area contributed by atoms with Gasteiger partial charge in [-0.15, -0.1) is 11.8 Å². The van der Waals surface area contributed by atoms with Crippen LogP contribution in [0.1, 0.15) is 30.4 Å². The molecule has 180 valence electrons. The van der Waals surface area contributed by atoms with Crippen LogP contribution in [-0.2, 0) is 14.3 Å². The van der Waals surface area contributed by atoms with E-state index < -0.39 is 30.4 Å². The van der Waals surface area contributed by atoms with Crippen LogP contribution in [0.3, 0.4) is 0 Å². The van der Waals surface area contributed by atoms with Gasteiger partial charge in [0.2, 0.25) is 5.91 Å². The Bertz CT molecular complexity index is 1200. The quantitative estimate of drug-likeness (QED) is 0.360. The average Bonchev–Trinajstić information content (AvgIpc) is 3.17. The van der Waals surface area contributed by atoms with Gasteiger partial charge in [0.15, 0.2) is 0 Å². The molecule has 0 aromatic heterocycles. The van der Waals surface area contributed by atoms with Crippen molar-refractivity contribution in [2.75, 3.05) is 17.7 Å². The highest BCUT2D eigenvalue weighted by atomic mass is 32.2. The number of nitrogens with one attached hydrogen (secondary N) is 2. The molecule has 3 aromatic carbocycles. The van der Waals surface area contributed by atoms with E-state index in [0.29, 0.717) is 5.69 Å². The summed E-state index contributed by atoms with van der Waals surface area (Å²) in [6, 6.07) is 21.9. The number of hydrogen-bond acceptors (Lipinski definition) is 5. The number of carboxylic acids is 1. The number of hydrogen-bond donors (Lipinski definition) is 3. The van der Waals surface area contributed by atoms with Crippen molar-refractivity contribution < 1.29 is 24.2 Å². The van der Waals surface area contributed by atoms with Crippen LogP contribution in [0.5, 0.6) is 0 Å². The molecule has 2 amide bonds. The Morgan fingerprint density at radius 3 is 2.17 bits per heavy atom. The first-order valence-corrected chi connectivity index (χ1v) is 12.3. The molecule has 0 bridgehead atoms. The lowest BCUT2D eigenvalue weighted by molar-refractivity contribution is -0.139. The zero-order valence-corrected chi connectivity index (χ0v) is 20.0. The molecule has 1 aliphatic carbocycles. The number of thioether (sulfide) groups is 1.